The molecule has 0 atom stereocenters. The van der Waals surface area contributed by atoms with Gasteiger partial charge in [0.25, 0.3) is 0 Å². The molecule has 3 aromatic rings. The summed E-state index contributed by atoms with van der Waals surface area (Å²) in [6.07, 6.45) is -2.06. The first-order chi connectivity index (χ1) is 12.3. The summed E-state index contributed by atoms with van der Waals surface area (Å²) in [7, 11) is 0. The maximum Gasteiger partial charge on any atom is 0.573 e. The normalized spacial score (nSPS) is 11.8. The molecule has 9 heteroatoms. The highest BCUT2D eigenvalue weighted by Crippen LogP contribution is 2.23. The number of H-pyrrole nitrogens is 2. The van der Waals surface area contributed by atoms with Crippen molar-refractivity contribution in [2.24, 2.45) is 0 Å². The maximum atomic E-state index is 12.1. The number of anilines is 1. The van der Waals surface area contributed by atoms with Gasteiger partial charge in [0, 0.05) is 11.8 Å². The van der Waals surface area contributed by atoms with Crippen LogP contribution < -0.4 is 15.7 Å². The number of nitrogens with one attached hydrogen (secondary N) is 3. The number of fused-ring (bicyclic) bond motifs is 1. The molecule has 0 saturated heterocycles. The molecule has 0 fully saturated rings. The average Bonchev–Trinajstić information content (AvgIpc) is 2.92. The van der Waals surface area contributed by atoms with Crippen LogP contribution in [-0.4, -0.2) is 22.2 Å². The van der Waals surface area contributed by atoms with Crippen molar-refractivity contribution < 1.29 is 22.7 Å². The van der Waals surface area contributed by atoms with Crippen molar-refractivity contribution in [1.82, 2.24) is 9.97 Å². The van der Waals surface area contributed by atoms with Gasteiger partial charge in [-0.1, -0.05) is 12.1 Å². The molecule has 0 saturated carbocycles. The summed E-state index contributed by atoms with van der Waals surface area (Å²) in [6, 6.07) is 9.96. The Morgan fingerprint density at radius 1 is 1.04 bits per heavy atom. The largest absolute Gasteiger partial charge is 0.573 e. The Labute approximate surface area is 144 Å². The van der Waals surface area contributed by atoms with Gasteiger partial charge in [0.1, 0.15) is 5.75 Å². The van der Waals surface area contributed by atoms with Crippen LogP contribution in [0.15, 0.2) is 53.3 Å². The van der Waals surface area contributed by atoms with Crippen molar-refractivity contribution >= 4 is 28.7 Å². The van der Waals surface area contributed by atoms with Gasteiger partial charge in [-0.15, -0.1) is 13.2 Å². The third-order valence-electron chi connectivity index (χ3n) is 3.32. The Hall–Kier alpha value is -3.49. The van der Waals surface area contributed by atoms with Gasteiger partial charge in [0.05, 0.1) is 11.0 Å². The van der Waals surface area contributed by atoms with Crippen molar-refractivity contribution in [3.63, 3.8) is 0 Å². The molecular formula is C17H12F3N3O3. The predicted molar refractivity (Wildman–Crippen MR) is 89.7 cm³/mol. The van der Waals surface area contributed by atoms with Gasteiger partial charge in [-0.25, -0.2) is 4.79 Å². The van der Waals surface area contributed by atoms with Crippen LogP contribution in [0.4, 0.5) is 18.9 Å². The third kappa shape index (κ3) is 4.53. The minimum Gasteiger partial charge on any atom is -0.406 e. The summed E-state index contributed by atoms with van der Waals surface area (Å²) in [6.45, 7) is 0. The molecule has 2 aromatic carbocycles. The van der Waals surface area contributed by atoms with Crippen molar-refractivity contribution in [3.05, 3.63) is 64.6 Å². The van der Waals surface area contributed by atoms with Gasteiger partial charge < -0.3 is 20.0 Å². The Balaban J connectivity index is 1.63. The highest BCUT2D eigenvalue weighted by atomic mass is 19.4. The van der Waals surface area contributed by atoms with Gasteiger partial charge >= 0.3 is 12.1 Å². The van der Waals surface area contributed by atoms with Gasteiger partial charge in [0.15, 0.2) is 0 Å². The number of rotatable bonds is 4. The zero-order valence-corrected chi connectivity index (χ0v) is 13.1. The molecule has 0 aliphatic carbocycles. The van der Waals surface area contributed by atoms with Crippen molar-refractivity contribution in [3.8, 4) is 5.75 Å². The van der Waals surface area contributed by atoms with Crippen LogP contribution in [0.5, 0.6) is 5.75 Å². The molecule has 0 unspecified atom stereocenters. The van der Waals surface area contributed by atoms with E-state index in [0.717, 1.165) is 12.1 Å². The number of alkyl halides is 3. The first kappa shape index (κ1) is 17.3. The van der Waals surface area contributed by atoms with Gasteiger partial charge in [-0.3, -0.25) is 4.79 Å². The third-order valence-corrected chi connectivity index (χ3v) is 3.32. The van der Waals surface area contributed by atoms with E-state index in [1.165, 1.54) is 24.3 Å². The molecular weight excluding hydrogens is 351 g/mol. The van der Waals surface area contributed by atoms with Crippen molar-refractivity contribution in [2.45, 2.75) is 6.36 Å². The van der Waals surface area contributed by atoms with Crippen molar-refractivity contribution in [1.29, 1.82) is 0 Å². The second kappa shape index (κ2) is 6.79. The monoisotopic (exact) mass is 363 g/mol. The van der Waals surface area contributed by atoms with E-state index in [0.29, 0.717) is 22.3 Å². The molecule has 1 amide bonds. The number of carbonyl (C=O) groups is 1. The van der Waals surface area contributed by atoms with Crippen LogP contribution >= 0.6 is 0 Å². The molecule has 134 valence electrons. The number of hydrogen-bond acceptors (Lipinski definition) is 3. The van der Waals surface area contributed by atoms with Crippen LogP contribution in [0.1, 0.15) is 5.56 Å². The van der Waals surface area contributed by atoms with Gasteiger partial charge in [0.2, 0.25) is 5.91 Å². The minimum absolute atomic E-state index is 0.340. The quantitative estimate of drug-likeness (QED) is 0.621. The molecule has 0 aliphatic rings. The Bertz CT molecular complexity index is 1020. The standard InChI is InChI=1S/C17H12F3N3O3/c18-17(19,20)26-12-5-1-10(2-6-12)3-8-15(24)21-11-4-7-13-14(9-11)23-16(25)22-13/h1-9H,(H,21,24)(H2,22,23,25). The average molecular weight is 363 g/mol. The Kier molecular flexibility index (Phi) is 4.53. The summed E-state index contributed by atoms with van der Waals surface area (Å²) < 4.78 is 40.0. The van der Waals surface area contributed by atoms with E-state index in [9.17, 15) is 22.8 Å². The lowest BCUT2D eigenvalue weighted by atomic mass is 10.2. The van der Waals surface area contributed by atoms with Crippen LogP contribution in [0, 0.1) is 0 Å². The fourth-order valence-corrected chi connectivity index (χ4v) is 2.25. The predicted octanol–water partition coefficient (Wildman–Crippen LogP) is 3.41. The number of benzene rings is 2. The summed E-state index contributed by atoms with van der Waals surface area (Å²) >= 11 is 0. The minimum atomic E-state index is -4.75. The number of imidazole rings is 1. The van der Waals surface area contributed by atoms with E-state index in [1.54, 1.807) is 18.2 Å². The molecule has 0 bridgehead atoms. The number of hydrogen-bond donors (Lipinski definition) is 3. The SMILES string of the molecule is O=C(C=Cc1ccc(OC(F)(F)F)cc1)Nc1ccc2[nH]c(=O)[nH]c2c1. The van der Waals surface area contributed by atoms with E-state index < -0.39 is 12.3 Å². The number of aromatic nitrogens is 2. The smallest absolute Gasteiger partial charge is 0.406 e. The van der Waals surface area contributed by atoms with Gasteiger partial charge in [-0.2, -0.15) is 0 Å². The lowest BCUT2D eigenvalue weighted by molar-refractivity contribution is -0.274. The molecule has 6 nitrogen and oxygen atoms in total. The number of carbonyl (C=O) groups excluding carboxylic acids is 1. The van der Waals surface area contributed by atoms with Crippen molar-refractivity contribution in [2.75, 3.05) is 5.32 Å². The Morgan fingerprint density at radius 2 is 1.73 bits per heavy atom. The van der Waals surface area contributed by atoms with Crippen LogP contribution in [0.2, 0.25) is 0 Å². The highest BCUT2D eigenvalue weighted by Gasteiger charge is 2.30. The number of halogens is 3. The summed E-state index contributed by atoms with van der Waals surface area (Å²) in [5, 5.41) is 2.62. The lowest BCUT2D eigenvalue weighted by Gasteiger charge is -2.08. The zero-order valence-electron chi connectivity index (χ0n) is 13.1. The second-order valence-electron chi connectivity index (χ2n) is 5.28. The molecule has 3 N–H and O–H groups in total. The zero-order chi connectivity index (χ0) is 18.7. The van der Waals surface area contributed by atoms with E-state index in [-0.39, 0.29) is 11.4 Å². The van der Waals surface area contributed by atoms with E-state index in [4.69, 9.17) is 0 Å². The highest BCUT2D eigenvalue weighted by molar-refractivity contribution is 6.02. The van der Waals surface area contributed by atoms with Gasteiger partial charge in [-0.05, 0) is 42.0 Å². The lowest BCUT2D eigenvalue weighted by Crippen LogP contribution is -2.16. The molecule has 1 heterocycles. The Morgan fingerprint density at radius 3 is 2.42 bits per heavy atom. The topological polar surface area (TPSA) is 87.0 Å². The van der Waals surface area contributed by atoms with E-state index in [2.05, 4.69) is 20.0 Å². The molecule has 0 aliphatic heterocycles. The van der Waals surface area contributed by atoms with Crippen LogP contribution in [0.3, 0.4) is 0 Å². The fourth-order valence-electron chi connectivity index (χ4n) is 2.25. The van der Waals surface area contributed by atoms with E-state index >= 15 is 0 Å². The van der Waals surface area contributed by atoms with Crippen LogP contribution in [-0.2, 0) is 4.79 Å². The molecule has 0 radical (unpaired) electrons. The first-order valence-corrected chi connectivity index (χ1v) is 7.35. The first-order valence-electron chi connectivity index (χ1n) is 7.35. The molecule has 0 spiro atoms. The number of ether oxygens (including phenoxy) is 1. The summed E-state index contributed by atoms with van der Waals surface area (Å²) in [4.78, 5) is 28.3. The number of amides is 1. The maximum absolute atomic E-state index is 12.1. The molecule has 26 heavy (non-hydrogen) atoms. The summed E-state index contributed by atoms with van der Waals surface area (Å²) in [5.41, 5.74) is 1.83. The second-order valence-corrected chi connectivity index (χ2v) is 5.28. The number of aromatic amines is 2. The molecule has 3 rings (SSSR count). The fraction of sp³-hybridized carbons (Fsp3) is 0.0588. The summed E-state index contributed by atoms with van der Waals surface area (Å²) in [5.74, 6) is -0.772. The van der Waals surface area contributed by atoms with E-state index in [1.807, 2.05) is 0 Å². The molecule has 1 aromatic heterocycles. The van der Waals surface area contributed by atoms with Crippen LogP contribution in [0.25, 0.3) is 17.1 Å².